The first-order chi connectivity index (χ1) is 16.7. The summed E-state index contributed by atoms with van der Waals surface area (Å²) in [6, 6.07) is 33.2. The number of imidazole rings is 1. The van der Waals surface area contributed by atoms with Crippen LogP contribution in [0.5, 0.6) is 0 Å². The van der Waals surface area contributed by atoms with Gasteiger partial charge in [-0.1, -0.05) is 65.8 Å². The van der Waals surface area contributed by atoms with Crippen molar-refractivity contribution in [3.05, 3.63) is 108 Å². The van der Waals surface area contributed by atoms with Crippen molar-refractivity contribution in [1.82, 2.24) is 9.55 Å². The molecule has 0 N–H and O–H groups in total. The van der Waals surface area contributed by atoms with Gasteiger partial charge in [-0.2, -0.15) is 0 Å². The second-order valence-corrected chi connectivity index (χ2v) is 9.76. The molecular formula is C29H17ClN2OS. The molecule has 0 aliphatic carbocycles. The smallest absolute Gasteiger partial charge is 0.135 e. The van der Waals surface area contributed by atoms with Gasteiger partial charge in [0.15, 0.2) is 0 Å². The lowest BCUT2D eigenvalue weighted by atomic mass is 10.1. The molecular weight excluding hydrogens is 460 g/mol. The first kappa shape index (κ1) is 19.7. The van der Waals surface area contributed by atoms with E-state index in [-0.39, 0.29) is 0 Å². The number of furan rings is 1. The molecule has 2 aromatic heterocycles. The molecule has 0 bridgehead atoms. The molecule has 5 aromatic carbocycles. The van der Waals surface area contributed by atoms with Crippen molar-refractivity contribution >= 4 is 67.1 Å². The number of aromatic nitrogens is 2. The number of rotatable bonds is 3. The van der Waals surface area contributed by atoms with Crippen LogP contribution in [0.4, 0.5) is 0 Å². The maximum Gasteiger partial charge on any atom is 0.135 e. The van der Waals surface area contributed by atoms with Crippen LogP contribution in [-0.2, 0) is 0 Å². The predicted molar refractivity (Wildman–Crippen MR) is 141 cm³/mol. The van der Waals surface area contributed by atoms with E-state index in [4.69, 9.17) is 21.0 Å². The lowest BCUT2D eigenvalue weighted by Crippen LogP contribution is -1.91. The van der Waals surface area contributed by atoms with Gasteiger partial charge in [-0.3, -0.25) is 4.57 Å². The molecule has 0 amide bonds. The van der Waals surface area contributed by atoms with Crippen molar-refractivity contribution < 1.29 is 4.42 Å². The van der Waals surface area contributed by atoms with Gasteiger partial charge < -0.3 is 4.42 Å². The Balaban J connectivity index is 1.33. The van der Waals surface area contributed by atoms with Gasteiger partial charge in [0.05, 0.1) is 16.1 Å². The molecule has 0 aliphatic heterocycles. The Morgan fingerprint density at radius 2 is 1.59 bits per heavy atom. The summed E-state index contributed by atoms with van der Waals surface area (Å²) in [5.41, 5.74) is 4.92. The first-order valence-corrected chi connectivity index (χ1v) is 12.2. The lowest BCUT2D eigenvalue weighted by molar-refractivity contribution is 0.669. The lowest BCUT2D eigenvalue weighted by Gasteiger charge is -2.08. The highest BCUT2D eigenvalue weighted by molar-refractivity contribution is 7.99. The van der Waals surface area contributed by atoms with Crippen LogP contribution in [0.25, 0.3) is 49.4 Å². The molecule has 0 saturated carbocycles. The third-order valence-corrected chi connectivity index (χ3v) is 7.71. The fourth-order valence-corrected chi connectivity index (χ4v) is 5.71. The van der Waals surface area contributed by atoms with Crippen LogP contribution in [0.2, 0.25) is 5.02 Å². The minimum Gasteiger partial charge on any atom is -0.456 e. The fraction of sp³-hybridized carbons (Fsp3) is 0. The Kier molecular flexibility index (Phi) is 4.44. The summed E-state index contributed by atoms with van der Waals surface area (Å²) in [7, 11) is 0. The number of benzene rings is 5. The van der Waals surface area contributed by atoms with E-state index in [0.717, 1.165) is 64.2 Å². The molecule has 0 saturated heterocycles. The highest BCUT2D eigenvalue weighted by Crippen LogP contribution is 2.36. The summed E-state index contributed by atoms with van der Waals surface area (Å²) in [5, 5.41) is 5.29. The van der Waals surface area contributed by atoms with E-state index in [1.165, 1.54) is 0 Å². The molecule has 0 aliphatic rings. The minimum atomic E-state index is 0.768. The second-order valence-electron chi connectivity index (χ2n) is 8.24. The zero-order valence-corrected chi connectivity index (χ0v) is 19.5. The van der Waals surface area contributed by atoms with Crippen LogP contribution in [0.15, 0.2) is 118 Å². The largest absolute Gasteiger partial charge is 0.456 e. The molecule has 0 fully saturated rings. The van der Waals surface area contributed by atoms with Crippen LogP contribution < -0.4 is 0 Å². The van der Waals surface area contributed by atoms with Gasteiger partial charge in [-0.25, -0.2) is 4.98 Å². The average molecular weight is 477 g/mol. The van der Waals surface area contributed by atoms with Gasteiger partial charge in [0.1, 0.15) is 17.5 Å². The molecule has 5 heteroatoms. The maximum absolute atomic E-state index is 6.35. The van der Waals surface area contributed by atoms with Crippen molar-refractivity contribution in [2.45, 2.75) is 9.79 Å². The van der Waals surface area contributed by atoms with Gasteiger partial charge in [0, 0.05) is 31.6 Å². The zero-order valence-electron chi connectivity index (χ0n) is 17.9. The van der Waals surface area contributed by atoms with Crippen molar-refractivity contribution in [3.8, 4) is 5.69 Å². The predicted octanol–water partition coefficient (Wildman–Crippen LogP) is 8.88. The maximum atomic E-state index is 6.35. The Labute approximate surface area is 204 Å². The fourth-order valence-electron chi connectivity index (χ4n) is 4.58. The molecule has 0 radical (unpaired) electrons. The first-order valence-electron chi connectivity index (χ1n) is 11.0. The van der Waals surface area contributed by atoms with Gasteiger partial charge >= 0.3 is 0 Å². The van der Waals surface area contributed by atoms with Crippen LogP contribution in [0.3, 0.4) is 0 Å². The standard InChI is InChI=1S/C29H17ClN2OS/c30-24-6-2-4-8-28(24)34-20-11-12-21-18(15-20)9-13-25-29(21)31-17-32(25)19-10-14-27-23(16-19)22-5-1-3-7-26(22)33-27/h1-17H. The Morgan fingerprint density at radius 3 is 2.53 bits per heavy atom. The topological polar surface area (TPSA) is 31.0 Å². The average Bonchev–Trinajstić information content (AvgIpc) is 3.46. The van der Waals surface area contributed by atoms with Gasteiger partial charge in [0.25, 0.3) is 0 Å². The monoisotopic (exact) mass is 476 g/mol. The van der Waals surface area contributed by atoms with Crippen LogP contribution in [0.1, 0.15) is 0 Å². The Morgan fingerprint density at radius 1 is 0.735 bits per heavy atom. The van der Waals surface area contributed by atoms with Crippen LogP contribution in [-0.4, -0.2) is 9.55 Å². The summed E-state index contributed by atoms with van der Waals surface area (Å²) >= 11 is 8.03. The molecule has 34 heavy (non-hydrogen) atoms. The molecule has 2 heterocycles. The number of fused-ring (bicyclic) bond motifs is 6. The zero-order chi connectivity index (χ0) is 22.6. The molecule has 7 aromatic rings. The van der Waals surface area contributed by atoms with Crippen molar-refractivity contribution in [2.24, 2.45) is 0 Å². The quantitative estimate of drug-likeness (QED) is 0.255. The van der Waals surface area contributed by atoms with Crippen molar-refractivity contribution in [3.63, 3.8) is 0 Å². The summed E-state index contributed by atoms with van der Waals surface area (Å²) in [6.45, 7) is 0. The van der Waals surface area contributed by atoms with Crippen molar-refractivity contribution in [2.75, 3.05) is 0 Å². The van der Waals surface area contributed by atoms with Crippen LogP contribution in [0, 0.1) is 0 Å². The van der Waals surface area contributed by atoms with Gasteiger partial charge in [0.2, 0.25) is 0 Å². The van der Waals surface area contributed by atoms with E-state index in [0.29, 0.717) is 0 Å². The molecule has 3 nitrogen and oxygen atoms in total. The highest BCUT2D eigenvalue weighted by Gasteiger charge is 2.12. The van der Waals surface area contributed by atoms with E-state index < -0.39 is 0 Å². The molecule has 7 rings (SSSR count). The summed E-state index contributed by atoms with van der Waals surface area (Å²) in [5.74, 6) is 0. The number of hydrogen-bond donors (Lipinski definition) is 0. The summed E-state index contributed by atoms with van der Waals surface area (Å²) < 4.78 is 8.14. The van der Waals surface area contributed by atoms with Crippen molar-refractivity contribution in [1.29, 1.82) is 0 Å². The number of nitrogens with zero attached hydrogens (tertiary/aromatic N) is 2. The summed E-state index contributed by atoms with van der Waals surface area (Å²) in [4.78, 5) is 6.99. The third kappa shape index (κ3) is 3.11. The highest BCUT2D eigenvalue weighted by atomic mass is 35.5. The minimum absolute atomic E-state index is 0.768. The van der Waals surface area contributed by atoms with Gasteiger partial charge in [-0.15, -0.1) is 0 Å². The van der Waals surface area contributed by atoms with E-state index >= 15 is 0 Å². The molecule has 162 valence electrons. The van der Waals surface area contributed by atoms with E-state index in [9.17, 15) is 0 Å². The van der Waals surface area contributed by atoms with Gasteiger partial charge in [-0.05, 0) is 60.0 Å². The molecule has 0 unspecified atom stereocenters. The molecule has 0 spiro atoms. The van der Waals surface area contributed by atoms with Crippen LogP contribution >= 0.6 is 23.4 Å². The Bertz CT molecular complexity index is 1870. The normalized spacial score (nSPS) is 11.8. The third-order valence-electron chi connectivity index (χ3n) is 6.21. The van der Waals surface area contributed by atoms with E-state index in [1.54, 1.807) is 11.8 Å². The molecule has 0 atom stereocenters. The van der Waals surface area contributed by atoms with E-state index in [1.807, 2.05) is 54.9 Å². The SMILES string of the molecule is Clc1ccccc1Sc1ccc2c(ccc3c2ncn3-c2ccc3oc4ccccc4c3c2)c1. The number of halogens is 1. The van der Waals surface area contributed by atoms with E-state index in [2.05, 4.69) is 53.1 Å². The Hall–Kier alpha value is -3.73. The second kappa shape index (κ2) is 7.66. The summed E-state index contributed by atoms with van der Waals surface area (Å²) in [6.07, 6.45) is 1.90. The number of para-hydroxylation sites is 1. The number of hydrogen-bond acceptors (Lipinski definition) is 3.